The molecule has 0 fully saturated rings. The number of tetrazole rings is 1. The molecule has 1 amide bonds. The number of carbonyl (C=O) groups is 1. The molecule has 0 saturated carbocycles. The molecule has 8 nitrogen and oxygen atoms in total. The Morgan fingerprint density at radius 2 is 1.75 bits per heavy atom. The second-order valence-electron chi connectivity index (χ2n) is 6.05. The van der Waals surface area contributed by atoms with Crippen LogP contribution < -0.4 is 14.8 Å². The Labute approximate surface area is 167 Å². The third-order valence-corrected chi connectivity index (χ3v) is 5.02. The number of aryl methyl sites for hydroxylation is 2. The van der Waals surface area contributed by atoms with E-state index < -0.39 is 0 Å². The highest BCUT2D eigenvalue weighted by molar-refractivity contribution is 7.99. The molecule has 3 aromatic rings. The SMILES string of the molecule is COc1cc(OC)cc(-n2nnnc2SCC(=O)Nc2c(C)cccc2C)c1. The smallest absolute Gasteiger partial charge is 0.234 e. The topological polar surface area (TPSA) is 91.2 Å². The van der Waals surface area contributed by atoms with E-state index in [4.69, 9.17) is 9.47 Å². The number of ether oxygens (including phenoxy) is 2. The zero-order chi connectivity index (χ0) is 20.1. The van der Waals surface area contributed by atoms with Crippen molar-refractivity contribution in [2.75, 3.05) is 25.3 Å². The third kappa shape index (κ3) is 4.42. The molecule has 0 aliphatic rings. The fourth-order valence-electron chi connectivity index (χ4n) is 2.66. The van der Waals surface area contributed by atoms with Gasteiger partial charge in [0.1, 0.15) is 11.5 Å². The van der Waals surface area contributed by atoms with E-state index in [1.54, 1.807) is 37.1 Å². The van der Waals surface area contributed by atoms with E-state index in [1.807, 2.05) is 32.0 Å². The number of nitrogens with one attached hydrogen (secondary N) is 1. The Morgan fingerprint density at radius 3 is 2.36 bits per heavy atom. The third-order valence-electron chi connectivity index (χ3n) is 4.10. The van der Waals surface area contributed by atoms with Crippen molar-refractivity contribution >= 4 is 23.4 Å². The standard InChI is InChI=1S/C19H21N5O3S/c1-12-6-5-7-13(2)18(12)20-17(25)11-28-19-21-22-23-24(19)14-8-15(26-3)10-16(9-14)27-4/h5-10H,11H2,1-4H3,(H,20,25). The van der Waals surface area contributed by atoms with Crippen molar-refractivity contribution in [1.29, 1.82) is 0 Å². The highest BCUT2D eigenvalue weighted by Crippen LogP contribution is 2.27. The van der Waals surface area contributed by atoms with Gasteiger partial charge in [0.25, 0.3) is 0 Å². The van der Waals surface area contributed by atoms with E-state index in [1.165, 1.54) is 11.8 Å². The van der Waals surface area contributed by atoms with Crippen LogP contribution >= 0.6 is 11.8 Å². The van der Waals surface area contributed by atoms with E-state index in [0.29, 0.717) is 22.3 Å². The zero-order valence-electron chi connectivity index (χ0n) is 16.1. The summed E-state index contributed by atoms with van der Waals surface area (Å²) in [7, 11) is 3.15. The molecule has 1 N–H and O–H groups in total. The highest BCUT2D eigenvalue weighted by Gasteiger charge is 2.14. The summed E-state index contributed by atoms with van der Waals surface area (Å²) in [5.74, 6) is 1.29. The Morgan fingerprint density at radius 1 is 1.11 bits per heavy atom. The van der Waals surface area contributed by atoms with Crippen molar-refractivity contribution in [3.05, 3.63) is 47.5 Å². The largest absolute Gasteiger partial charge is 0.497 e. The molecule has 0 unspecified atom stereocenters. The number of nitrogens with zero attached hydrogens (tertiary/aromatic N) is 4. The molecular formula is C19H21N5O3S. The average molecular weight is 399 g/mol. The molecule has 0 spiro atoms. The molecular weight excluding hydrogens is 378 g/mol. The summed E-state index contributed by atoms with van der Waals surface area (Å²) < 4.78 is 12.1. The van der Waals surface area contributed by atoms with E-state index in [0.717, 1.165) is 16.8 Å². The maximum absolute atomic E-state index is 12.4. The van der Waals surface area contributed by atoms with Crippen molar-refractivity contribution in [2.24, 2.45) is 0 Å². The van der Waals surface area contributed by atoms with Crippen LogP contribution in [0.4, 0.5) is 5.69 Å². The number of amides is 1. The molecule has 0 atom stereocenters. The molecule has 0 aliphatic heterocycles. The van der Waals surface area contributed by atoms with Crippen LogP contribution in [-0.2, 0) is 4.79 Å². The summed E-state index contributed by atoms with van der Waals surface area (Å²) in [5.41, 5.74) is 3.56. The maximum atomic E-state index is 12.4. The molecule has 9 heteroatoms. The van der Waals surface area contributed by atoms with E-state index in [9.17, 15) is 4.79 Å². The lowest BCUT2D eigenvalue weighted by molar-refractivity contribution is -0.113. The van der Waals surface area contributed by atoms with Crippen molar-refractivity contribution < 1.29 is 14.3 Å². The van der Waals surface area contributed by atoms with Gasteiger partial charge in [0, 0.05) is 23.9 Å². The summed E-state index contributed by atoms with van der Waals surface area (Å²) in [6, 6.07) is 11.2. The fraction of sp³-hybridized carbons (Fsp3) is 0.263. The lowest BCUT2D eigenvalue weighted by Crippen LogP contribution is -2.16. The van der Waals surface area contributed by atoms with Crippen molar-refractivity contribution in [3.63, 3.8) is 0 Å². The van der Waals surface area contributed by atoms with Gasteiger partial charge in [-0.25, -0.2) is 0 Å². The van der Waals surface area contributed by atoms with Gasteiger partial charge in [0.05, 0.1) is 25.7 Å². The van der Waals surface area contributed by atoms with Crippen LogP contribution in [0.1, 0.15) is 11.1 Å². The van der Waals surface area contributed by atoms with E-state index in [2.05, 4.69) is 20.8 Å². The Balaban J connectivity index is 1.74. The predicted molar refractivity (Wildman–Crippen MR) is 108 cm³/mol. The second kappa shape index (κ2) is 8.75. The molecule has 3 rings (SSSR count). The van der Waals surface area contributed by atoms with Crippen LogP contribution in [0, 0.1) is 13.8 Å². The number of carbonyl (C=O) groups excluding carboxylic acids is 1. The highest BCUT2D eigenvalue weighted by atomic mass is 32.2. The number of rotatable bonds is 7. The predicted octanol–water partition coefficient (Wildman–Crippen LogP) is 3.03. The number of para-hydroxylation sites is 1. The van der Waals surface area contributed by atoms with Gasteiger partial charge >= 0.3 is 0 Å². The first-order valence-electron chi connectivity index (χ1n) is 8.52. The monoisotopic (exact) mass is 399 g/mol. The first-order chi connectivity index (χ1) is 13.5. The molecule has 0 radical (unpaired) electrons. The second-order valence-corrected chi connectivity index (χ2v) is 6.99. The quantitative estimate of drug-likeness (QED) is 0.611. The van der Waals surface area contributed by atoms with Gasteiger partial charge in [-0.1, -0.05) is 30.0 Å². The molecule has 1 heterocycles. The number of aromatic nitrogens is 4. The number of thioether (sulfide) groups is 1. The van der Waals surface area contributed by atoms with Gasteiger partial charge in [-0.3, -0.25) is 4.79 Å². The lowest BCUT2D eigenvalue weighted by Gasteiger charge is -2.11. The molecule has 0 saturated heterocycles. The molecule has 2 aromatic carbocycles. The van der Waals surface area contributed by atoms with Gasteiger partial charge in [0.2, 0.25) is 11.1 Å². The number of anilines is 1. The molecule has 0 aliphatic carbocycles. The summed E-state index contributed by atoms with van der Waals surface area (Å²) in [4.78, 5) is 12.4. The van der Waals surface area contributed by atoms with E-state index in [-0.39, 0.29) is 11.7 Å². The summed E-state index contributed by atoms with van der Waals surface area (Å²) in [6.07, 6.45) is 0. The van der Waals surface area contributed by atoms with Crippen LogP contribution in [0.5, 0.6) is 11.5 Å². The van der Waals surface area contributed by atoms with Crippen LogP contribution in [0.2, 0.25) is 0 Å². The summed E-state index contributed by atoms with van der Waals surface area (Å²) >= 11 is 1.25. The lowest BCUT2D eigenvalue weighted by atomic mass is 10.1. The normalized spacial score (nSPS) is 10.6. The number of hydrogen-bond acceptors (Lipinski definition) is 7. The van der Waals surface area contributed by atoms with Crippen LogP contribution in [-0.4, -0.2) is 46.1 Å². The van der Waals surface area contributed by atoms with Crippen LogP contribution in [0.3, 0.4) is 0 Å². The number of hydrogen-bond donors (Lipinski definition) is 1. The van der Waals surface area contributed by atoms with Gasteiger partial charge < -0.3 is 14.8 Å². The summed E-state index contributed by atoms with van der Waals surface area (Å²) in [5, 5.41) is 15.2. The van der Waals surface area contributed by atoms with Crippen LogP contribution in [0.25, 0.3) is 5.69 Å². The van der Waals surface area contributed by atoms with Gasteiger partial charge in [-0.05, 0) is 35.4 Å². The molecule has 146 valence electrons. The van der Waals surface area contributed by atoms with Crippen LogP contribution in [0.15, 0.2) is 41.6 Å². The van der Waals surface area contributed by atoms with Crippen molar-refractivity contribution in [2.45, 2.75) is 19.0 Å². The number of methoxy groups -OCH3 is 2. The first-order valence-corrected chi connectivity index (χ1v) is 9.51. The average Bonchev–Trinajstić information content (AvgIpc) is 3.17. The fourth-order valence-corrected chi connectivity index (χ4v) is 3.35. The van der Waals surface area contributed by atoms with Gasteiger partial charge in [0.15, 0.2) is 0 Å². The van der Waals surface area contributed by atoms with E-state index >= 15 is 0 Å². The molecule has 1 aromatic heterocycles. The maximum Gasteiger partial charge on any atom is 0.234 e. The Bertz CT molecular complexity index is 947. The molecule has 0 bridgehead atoms. The van der Waals surface area contributed by atoms with Gasteiger partial charge in [-0.15, -0.1) is 5.10 Å². The minimum atomic E-state index is -0.125. The van der Waals surface area contributed by atoms with Crippen molar-refractivity contribution in [1.82, 2.24) is 20.2 Å². The minimum absolute atomic E-state index is 0.125. The Hall–Kier alpha value is -3.07. The van der Waals surface area contributed by atoms with Gasteiger partial charge in [-0.2, -0.15) is 4.68 Å². The zero-order valence-corrected chi connectivity index (χ0v) is 16.9. The minimum Gasteiger partial charge on any atom is -0.497 e. The first kappa shape index (κ1) is 19.7. The number of benzene rings is 2. The van der Waals surface area contributed by atoms with Crippen molar-refractivity contribution in [3.8, 4) is 17.2 Å². The molecule has 28 heavy (non-hydrogen) atoms. The summed E-state index contributed by atoms with van der Waals surface area (Å²) in [6.45, 7) is 3.93. The Kier molecular flexibility index (Phi) is 6.15.